The van der Waals surface area contributed by atoms with Crippen molar-refractivity contribution in [1.29, 1.82) is 0 Å². The zero-order chi connectivity index (χ0) is 18.1. The second kappa shape index (κ2) is 6.49. The van der Waals surface area contributed by atoms with Crippen molar-refractivity contribution in [3.63, 3.8) is 0 Å². The smallest absolute Gasteiger partial charge is 0.331 e. The van der Waals surface area contributed by atoms with Crippen LogP contribution >= 0.6 is 0 Å². The maximum absolute atomic E-state index is 12.4. The molecule has 24 heavy (non-hydrogen) atoms. The summed E-state index contributed by atoms with van der Waals surface area (Å²) in [6.07, 6.45) is 0.109. The van der Waals surface area contributed by atoms with Crippen LogP contribution in [0.25, 0.3) is 0 Å². The first-order valence-electron chi connectivity index (χ1n) is 7.17. The Bertz CT molecular complexity index is 730. The third-order valence-corrected chi connectivity index (χ3v) is 5.54. The van der Waals surface area contributed by atoms with Gasteiger partial charge in [-0.2, -0.15) is 4.72 Å². The van der Waals surface area contributed by atoms with Gasteiger partial charge in [0.15, 0.2) is 11.3 Å². The molecule has 0 saturated carbocycles. The van der Waals surface area contributed by atoms with Gasteiger partial charge in [-0.25, -0.2) is 13.2 Å². The van der Waals surface area contributed by atoms with Crippen LogP contribution in [0.4, 0.5) is 0 Å². The van der Waals surface area contributed by atoms with Crippen molar-refractivity contribution in [3.05, 3.63) is 11.5 Å². The van der Waals surface area contributed by atoms with E-state index >= 15 is 0 Å². The predicted octanol–water partition coefficient (Wildman–Crippen LogP) is -0.682. The highest BCUT2D eigenvalue weighted by Crippen LogP contribution is 2.21. The van der Waals surface area contributed by atoms with Crippen molar-refractivity contribution in [1.82, 2.24) is 15.2 Å². The number of aryl methyl sites for hydroxylation is 2. The molecule has 0 radical (unpaired) electrons. The number of carboxylic acids is 1. The Morgan fingerprint density at radius 3 is 2.50 bits per heavy atom. The Balaban J connectivity index is 2.13. The topological polar surface area (TPSA) is 148 Å². The highest BCUT2D eigenvalue weighted by Gasteiger charge is 2.45. The molecule has 0 aliphatic carbocycles. The minimum atomic E-state index is -4.04. The van der Waals surface area contributed by atoms with Crippen LogP contribution in [0.15, 0.2) is 9.42 Å². The van der Waals surface area contributed by atoms with Crippen molar-refractivity contribution >= 4 is 21.9 Å². The van der Waals surface area contributed by atoms with E-state index in [2.05, 4.69) is 15.2 Å². The summed E-state index contributed by atoms with van der Waals surface area (Å²) in [5.74, 6) is -1.90. The number of carbonyl (C=O) groups is 2. The van der Waals surface area contributed by atoms with Crippen LogP contribution in [0, 0.1) is 13.8 Å². The molecule has 134 valence electrons. The predicted molar refractivity (Wildman–Crippen MR) is 79.7 cm³/mol. The number of aliphatic carboxylic acids is 1. The molecule has 3 N–H and O–H groups in total. The number of nitrogens with one attached hydrogen (secondary N) is 2. The lowest BCUT2D eigenvalue weighted by molar-refractivity contribution is -0.147. The molecule has 10 nitrogen and oxygen atoms in total. The van der Waals surface area contributed by atoms with Gasteiger partial charge in [0.05, 0.1) is 12.6 Å². The third kappa shape index (κ3) is 3.42. The van der Waals surface area contributed by atoms with E-state index in [-0.39, 0.29) is 36.0 Å². The van der Waals surface area contributed by atoms with Gasteiger partial charge in [-0.3, -0.25) is 4.79 Å². The molecule has 2 unspecified atom stereocenters. The van der Waals surface area contributed by atoms with Gasteiger partial charge in [0.1, 0.15) is 10.6 Å². The minimum absolute atomic E-state index is 0.0961. The third-order valence-electron chi connectivity index (χ3n) is 3.76. The Morgan fingerprint density at radius 2 is 2.04 bits per heavy atom. The molecule has 1 fully saturated rings. The maximum atomic E-state index is 12.4. The molecule has 2 heterocycles. The van der Waals surface area contributed by atoms with E-state index in [9.17, 15) is 23.1 Å². The fraction of sp³-hybridized carbons (Fsp3) is 0.615. The number of ether oxygens (including phenoxy) is 1. The lowest BCUT2D eigenvalue weighted by Crippen LogP contribution is -2.59. The monoisotopic (exact) mass is 361 g/mol. The Hall–Kier alpha value is -1.98. The standard InChI is InChI=1S/C13H19N3O7S/c1-7-10(9(3)23-15-7)24(20,21)16-8(2)11(17)14-13(12(18)19)4-5-22-6-13/h8,16H,4-6H2,1-3H3,(H,14,17)(H,18,19). The molecule has 1 saturated heterocycles. The molecule has 2 rings (SSSR count). The number of hydrogen-bond donors (Lipinski definition) is 3. The molecule has 0 spiro atoms. The molecule has 1 amide bonds. The molecule has 11 heteroatoms. The summed E-state index contributed by atoms with van der Waals surface area (Å²) >= 11 is 0. The lowest BCUT2D eigenvalue weighted by Gasteiger charge is -2.25. The first kappa shape index (κ1) is 18.4. The van der Waals surface area contributed by atoms with E-state index in [4.69, 9.17) is 9.26 Å². The number of nitrogens with zero attached hydrogens (tertiary/aromatic N) is 1. The van der Waals surface area contributed by atoms with Gasteiger partial charge >= 0.3 is 5.97 Å². The van der Waals surface area contributed by atoms with Gasteiger partial charge in [0.2, 0.25) is 15.9 Å². The summed E-state index contributed by atoms with van der Waals surface area (Å²) in [5.41, 5.74) is -1.38. The first-order chi connectivity index (χ1) is 11.1. The van der Waals surface area contributed by atoms with E-state index in [0.717, 1.165) is 0 Å². The normalized spacial score (nSPS) is 22.3. The Kier molecular flexibility index (Phi) is 4.97. The summed E-state index contributed by atoms with van der Waals surface area (Å²) in [4.78, 5) is 23.5. The quantitative estimate of drug-likeness (QED) is 0.603. The van der Waals surface area contributed by atoms with E-state index in [1.54, 1.807) is 0 Å². The fourth-order valence-corrected chi connectivity index (χ4v) is 3.97. The van der Waals surface area contributed by atoms with E-state index < -0.39 is 33.5 Å². The number of carboxylic acid groups (broad SMARTS) is 1. The molecule has 1 aromatic heterocycles. The molecule has 1 aliphatic rings. The van der Waals surface area contributed by atoms with E-state index in [1.165, 1.54) is 20.8 Å². The highest BCUT2D eigenvalue weighted by molar-refractivity contribution is 7.89. The van der Waals surface area contributed by atoms with Gasteiger partial charge in [-0.15, -0.1) is 0 Å². The molecule has 0 aromatic carbocycles. The summed E-state index contributed by atoms with van der Waals surface area (Å²) in [6, 6.07) is -1.19. The van der Waals surface area contributed by atoms with Crippen LogP contribution in [0.5, 0.6) is 0 Å². The molecule has 1 aromatic rings. The van der Waals surface area contributed by atoms with Gasteiger partial charge in [0, 0.05) is 13.0 Å². The van der Waals surface area contributed by atoms with E-state index in [0.29, 0.717) is 0 Å². The SMILES string of the molecule is Cc1noc(C)c1S(=O)(=O)NC(C)C(=O)NC1(C(=O)O)CCOC1. The molecular formula is C13H19N3O7S. The second-order valence-electron chi connectivity index (χ2n) is 5.68. The average Bonchev–Trinajstić information content (AvgIpc) is 3.06. The average molecular weight is 361 g/mol. The first-order valence-corrected chi connectivity index (χ1v) is 8.66. The molecule has 0 bridgehead atoms. The van der Waals surface area contributed by atoms with Crippen molar-refractivity contribution in [2.75, 3.05) is 13.2 Å². The maximum Gasteiger partial charge on any atom is 0.331 e. The van der Waals surface area contributed by atoms with Crippen molar-refractivity contribution in [2.24, 2.45) is 0 Å². The van der Waals surface area contributed by atoms with Gasteiger partial charge in [-0.1, -0.05) is 5.16 Å². The van der Waals surface area contributed by atoms with Crippen molar-refractivity contribution < 1.29 is 32.4 Å². The van der Waals surface area contributed by atoms with Gasteiger partial charge in [-0.05, 0) is 20.8 Å². The largest absolute Gasteiger partial charge is 0.479 e. The van der Waals surface area contributed by atoms with Crippen LogP contribution in [-0.4, -0.2) is 55.4 Å². The zero-order valence-corrected chi connectivity index (χ0v) is 14.3. The minimum Gasteiger partial charge on any atom is -0.479 e. The van der Waals surface area contributed by atoms with Crippen LogP contribution in [0.2, 0.25) is 0 Å². The summed E-state index contributed by atoms with van der Waals surface area (Å²) in [7, 11) is -4.04. The van der Waals surface area contributed by atoms with Gasteiger partial charge in [0.25, 0.3) is 0 Å². The zero-order valence-electron chi connectivity index (χ0n) is 13.5. The van der Waals surface area contributed by atoms with Crippen LogP contribution in [0.1, 0.15) is 24.8 Å². The highest BCUT2D eigenvalue weighted by atomic mass is 32.2. The fourth-order valence-electron chi connectivity index (χ4n) is 2.43. The van der Waals surface area contributed by atoms with Gasteiger partial charge < -0.3 is 19.7 Å². The number of amides is 1. The van der Waals surface area contributed by atoms with E-state index in [1.807, 2.05) is 0 Å². The molecular weight excluding hydrogens is 342 g/mol. The summed E-state index contributed by atoms with van der Waals surface area (Å²) in [5, 5.41) is 15.2. The summed E-state index contributed by atoms with van der Waals surface area (Å²) in [6.45, 7) is 4.25. The lowest BCUT2D eigenvalue weighted by atomic mass is 9.98. The second-order valence-corrected chi connectivity index (χ2v) is 7.33. The van der Waals surface area contributed by atoms with Crippen molar-refractivity contribution in [2.45, 2.75) is 43.7 Å². The number of hydrogen-bond acceptors (Lipinski definition) is 7. The number of aromatic nitrogens is 1. The Labute approximate surface area is 138 Å². The Morgan fingerprint density at radius 1 is 1.38 bits per heavy atom. The van der Waals surface area contributed by atoms with Crippen LogP contribution in [-0.2, 0) is 24.3 Å². The molecule has 2 atom stereocenters. The summed E-state index contributed by atoms with van der Waals surface area (Å²) < 4.78 is 36.8. The van der Waals surface area contributed by atoms with Crippen LogP contribution < -0.4 is 10.0 Å². The van der Waals surface area contributed by atoms with Crippen LogP contribution in [0.3, 0.4) is 0 Å². The number of rotatable bonds is 6. The number of carbonyl (C=O) groups excluding carboxylic acids is 1. The van der Waals surface area contributed by atoms with Crippen molar-refractivity contribution in [3.8, 4) is 0 Å². The number of sulfonamides is 1. The molecule has 1 aliphatic heterocycles.